The molecule has 4 nitrogen and oxygen atoms in total. The largest absolute Gasteiger partial charge is 0.566 e. The number of alkyl halides is 21. The molecule has 0 heterocycles. The molecule has 0 rings (SSSR count). The molecule has 234 valence electrons. The second kappa shape index (κ2) is 10.1. The second-order valence-corrected chi connectivity index (χ2v) is 7.88. The van der Waals surface area contributed by atoms with Crippen LogP contribution in [0.1, 0.15) is 6.42 Å². The van der Waals surface area contributed by atoms with E-state index in [1.54, 1.807) is 0 Å². The van der Waals surface area contributed by atoms with Gasteiger partial charge < -0.3 is 10.00 Å². The van der Waals surface area contributed by atoms with E-state index in [4.69, 9.17) is 5.11 Å². The van der Waals surface area contributed by atoms with E-state index in [9.17, 15) is 102 Å². The average molecular weight is 656 g/mol. The fourth-order valence-corrected chi connectivity index (χ4v) is 2.51. The van der Waals surface area contributed by atoms with Gasteiger partial charge in [0.1, 0.15) is 6.61 Å². The predicted octanol–water partition coefficient (Wildman–Crippen LogP) is 6.05. The molecular weight excluding hydrogens is 650 g/mol. The van der Waals surface area contributed by atoms with Crippen molar-refractivity contribution in [3.8, 4) is 0 Å². The molecule has 0 aliphatic carbocycles. The fourth-order valence-electron chi connectivity index (χ4n) is 2.22. The van der Waals surface area contributed by atoms with Crippen LogP contribution >= 0.6 is 8.25 Å². The zero-order valence-corrected chi connectivity index (χ0v) is 17.9. The number of halogens is 21. The summed E-state index contributed by atoms with van der Waals surface area (Å²) >= 11 is 0. The molecule has 2 unspecified atom stereocenters. The Bertz CT molecular complexity index is 897. The lowest BCUT2D eigenvalue weighted by Crippen LogP contribution is -2.76. The van der Waals surface area contributed by atoms with Gasteiger partial charge in [0.15, 0.2) is 0 Å². The van der Waals surface area contributed by atoms with Gasteiger partial charge in [-0.1, -0.05) is 0 Å². The summed E-state index contributed by atoms with van der Waals surface area (Å²) in [5.41, 5.74) is 0. The maximum absolute atomic E-state index is 13.6. The van der Waals surface area contributed by atoms with Crippen LogP contribution < -0.4 is 4.89 Å². The van der Waals surface area contributed by atoms with Gasteiger partial charge in [0, 0.05) is 6.42 Å². The monoisotopic (exact) mass is 656 g/mol. The minimum absolute atomic E-state index is 2.06. The number of aliphatic hydroxyl groups excluding tert-OH is 1. The van der Waals surface area contributed by atoms with Crippen LogP contribution in [-0.2, 0) is 9.09 Å². The third-order valence-corrected chi connectivity index (χ3v) is 4.80. The molecule has 0 amide bonds. The van der Waals surface area contributed by atoms with Gasteiger partial charge in [0.25, 0.3) is 0 Å². The Kier molecular flexibility index (Phi) is 9.72. The highest BCUT2D eigenvalue weighted by Crippen LogP contribution is 2.66. The van der Waals surface area contributed by atoms with Gasteiger partial charge in [-0.15, -0.1) is 4.52 Å². The second-order valence-electron chi connectivity index (χ2n) is 7.17. The topological polar surface area (TPSA) is 69.6 Å². The Morgan fingerprint density at radius 3 is 1.05 bits per heavy atom. The quantitative estimate of drug-likeness (QED) is 0.194. The first kappa shape index (κ1) is 37.5. The van der Waals surface area contributed by atoms with Crippen molar-refractivity contribution in [3.05, 3.63) is 0 Å². The number of aliphatic hydroxyl groups is 1. The van der Waals surface area contributed by atoms with Gasteiger partial charge in [-0.2, -0.15) is 92.2 Å². The van der Waals surface area contributed by atoms with Gasteiger partial charge >= 0.3 is 67.7 Å². The molecule has 0 saturated carbocycles. The highest BCUT2D eigenvalue weighted by molar-refractivity contribution is 7.30. The molecule has 26 heteroatoms. The molecule has 0 aromatic carbocycles. The third-order valence-electron chi connectivity index (χ3n) is 4.44. The molecule has 1 N–H and O–H groups in total. The van der Waals surface area contributed by atoms with E-state index in [1.165, 1.54) is 0 Å². The lowest BCUT2D eigenvalue weighted by molar-refractivity contribution is -0.474. The highest BCUT2D eigenvalue weighted by Gasteiger charge is 2.97. The maximum atomic E-state index is 13.6. The molecule has 0 aromatic heterocycles. The van der Waals surface area contributed by atoms with Crippen LogP contribution in [0.15, 0.2) is 0 Å². The van der Waals surface area contributed by atoms with Crippen LogP contribution in [0.3, 0.4) is 0 Å². The van der Waals surface area contributed by atoms with Gasteiger partial charge in [-0.3, -0.25) is 0 Å². The number of hydrogen-bond acceptors (Lipinski definition) is 4. The van der Waals surface area contributed by atoms with E-state index in [2.05, 4.69) is 4.52 Å². The van der Waals surface area contributed by atoms with E-state index in [1.807, 2.05) is 0 Å². The summed E-state index contributed by atoms with van der Waals surface area (Å²) in [6.07, 6.45) is -14.8. The molecule has 2 atom stereocenters. The summed E-state index contributed by atoms with van der Waals surface area (Å²) in [5.74, 6) is -78.3. The van der Waals surface area contributed by atoms with Crippen molar-refractivity contribution in [1.82, 2.24) is 0 Å². The van der Waals surface area contributed by atoms with Crippen LogP contribution in [0.5, 0.6) is 0 Å². The molecule has 0 aliphatic rings. The van der Waals surface area contributed by atoms with Crippen molar-refractivity contribution in [2.75, 3.05) is 6.61 Å². The molecule has 0 aromatic rings. The third kappa shape index (κ3) is 5.43. The van der Waals surface area contributed by atoms with E-state index < -0.39 is 86.9 Å². The summed E-state index contributed by atoms with van der Waals surface area (Å²) in [6, 6.07) is 0. The first-order valence-electron chi connectivity index (χ1n) is 8.48. The fraction of sp³-hybridized carbons (Fsp3) is 1.00. The summed E-state index contributed by atoms with van der Waals surface area (Å²) in [7, 11) is -4.11. The molecule has 39 heavy (non-hydrogen) atoms. The van der Waals surface area contributed by atoms with Crippen molar-refractivity contribution in [1.29, 1.82) is 0 Å². The van der Waals surface area contributed by atoms with E-state index in [0.29, 0.717) is 0 Å². The molecule has 0 bridgehead atoms. The van der Waals surface area contributed by atoms with Crippen LogP contribution in [0, 0.1) is 0 Å². The van der Waals surface area contributed by atoms with Gasteiger partial charge in [-0.25, -0.2) is 0 Å². The molecule has 0 radical (unpaired) electrons. The zero-order valence-electron chi connectivity index (χ0n) is 17.0. The minimum atomic E-state index is -9.27. The lowest BCUT2D eigenvalue weighted by atomic mass is 9.85. The first-order valence-corrected chi connectivity index (χ1v) is 9.58. The Labute approximate surface area is 199 Å². The van der Waals surface area contributed by atoms with Crippen LogP contribution in [0.2, 0.25) is 0 Å². The van der Waals surface area contributed by atoms with Crippen LogP contribution in [0.25, 0.3) is 0 Å². The summed E-state index contributed by atoms with van der Waals surface area (Å²) in [5, 5.41) is 8.84. The van der Waals surface area contributed by atoms with Gasteiger partial charge in [-0.05, 0) is 4.57 Å². The maximum Gasteiger partial charge on any atom is 0.488 e. The Morgan fingerprint density at radius 1 is 0.538 bits per heavy atom. The highest BCUT2D eigenvalue weighted by atomic mass is 31.1. The molecule has 0 spiro atoms. The van der Waals surface area contributed by atoms with Crippen molar-refractivity contribution in [2.45, 2.75) is 72.0 Å². The first-order chi connectivity index (χ1) is 16.6. The normalized spacial score (nSPS) is 17.4. The average Bonchev–Trinajstić information content (AvgIpc) is 2.69. The van der Waals surface area contributed by atoms with Gasteiger partial charge in [0.05, 0.1) is 6.10 Å². The summed E-state index contributed by atoms with van der Waals surface area (Å²) in [4.78, 5) is 10.0. The number of rotatable bonds is 13. The van der Waals surface area contributed by atoms with E-state index in [-0.39, 0.29) is 0 Å². The van der Waals surface area contributed by atoms with Crippen molar-refractivity contribution in [2.24, 2.45) is 0 Å². The smallest absolute Gasteiger partial charge is 0.488 e. The van der Waals surface area contributed by atoms with Crippen LogP contribution in [-0.4, -0.2) is 77.3 Å². The van der Waals surface area contributed by atoms with E-state index in [0.717, 1.165) is 0 Å². The molecule has 0 saturated heterocycles. The predicted molar refractivity (Wildman–Crippen MR) is 74.8 cm³/mol. The van der Waals surface area contributed by atoms with Crippen molar-refractivity contribution in [3.63, 3.8) is 0 Å². The molecular formula is C13H6F21O4P. The Morgan fingerprint density at radius 2 is 0.795 bits per heavy atom. The van der Waals surface area contributed by atoms with Gasteiger partial charge in [0.2, 0.25) is 0 Å². The Balaban J connectivity index is 6.85. The Hall–Kier alpha value is -1.49. The van der Waals surface area contributed by atoms with Crippen LogP contribution in [0.4, 0.5) is 92.2 Å². The molecule has 0 aliphatic heterocycles. The minimum Gasteiger partial charge on any atom is -0.566 e. The standard InChI is InChI=1S/C13H6F21O4P/c14-4(15,1-3(35)2-38-39(36)37)5(16,17)6(18,19)7(20,21)8(22,23)9(24,25)10(26,27)11(28,29)12(30,31)13(32,33)34/h3,35H,1-2H2. The SMILES string of the molecule is O=[P+]([O-])OCC(O)CC(F)(F)C(F)(F)C(F)(F)C(F)(F)C(F)(F)C(F)(F)C(F)(F)C(F)(F)C(F)(F)C(F)(F)F. The zero-order chi connectivity index (χ0) is 32.3. The lowest BCUT2D eigenvalue weighted by Gasteiger charge is -2.44. The van der Waals surface area contributed by atoms with Crippen molar-refractivity contribution < 1.29 is 111 Å². The molecule has 0 fully saturated rings. The van der Waals surface area contributed by atoms with Crippen molar-refractivity contribution >= 4 is 8.25 Å². The van der Waals surface area contributed by atoms with E-state index >= 15 is 0 Å². The summed E-state index contributed by atoms with van der Waals surface area (Å²) in [6.45, 7) is -2.06. The summed E-state index contributed by atoms with van der Waals surface area (Å²) < 4.78 is 290. The number of hydrogen-bond donors (Lipinski definition) is 1.